The van der Waals surface area contributed by atoms with Crippen LogP contribution in [0.2, 0.25) is 9.56 Å². The van der Waals surface area contributed by atoms with Gasteiger partial charge in [-0.2, -0.15) is 0 Å². The predicted octanol–water partition coefficient (Wildman–Crippen LogP) is 3.75. The van der Waals surface area contributed by atoms with Crippen LogP contribution in [0.15, 0.2) is 0 Å². The molecule has 0 aromatic carbocycles. The number of hydrogen-bond donors (Lipinski definition) is 0. The van der Waals surface area contributed by atoms with E-state index in [2.05, 4.69) is 0 Å². The predicted molar refractivity (Wildman–Crippen MR) is 67.0 cm³/mol. The first-order valence-electron chi connectivity index (χ1n) is 6.66. The third kappa shape index (κ3) is 6.36. The van der Waals surface area contributed by atoms with Crippen LogP contribution in [0.5, 0.6) is 0 Å². The first kappa shape index (κ1) is 14.7. The molecular weight excluding hydrogens is 234 g/mol. The molecule has 4 heteroatoms. The van der Waals surface area contributed by atoms with E-state index in [0.29, 0.717) is 0 Å². The fourth-order valence-electron chi connectivity index (χ4n) is 3.04. The van der Waals surface area contributed by atoms with Crippen LogP contribution in [0.3, 0.4) is 0 Å². The van der Waals surface area contributed by atoms with Crippen LogP contribution < -0.4 is 4.89 Å². The summed E-state index contributed by atoms with van der Waals surface area (Å²) in [4.78, 5) is 8.35. The van der Waals surface area contributed by atoms with E-state index in [-0.39, 0.29) is 0 Å². The average Bonchev–Trinajstić information content (AvgIpc) is 2.33. The van der Waals surface area contributed by atoms with Gasteiger partial charge in [-0.25, -0.2) is 0 Å². The van der Waals surface area contributed by atoms with Crippen molar-refractivity contribution in [3.05, 3.63) is 0 Å². The van der Waals surface area contributed by atoms with Crippen molar-refractivity contribution in [1.29, 1.82) is 0 Å². The van der Waals surface area contributed by atoms with Crippen molar-refractivity contribution in [1.82, 2.24) is 0 Å². The van der Waals surface area contributed by atoms with E-state index in [1.165, 1.54) is 22.4 Å². The number of rotatable bonds is 2. The summed E-state index contributed by atoms with van der Waals surface area (Å²) in [5.41, 5.74) is 0. The maximum Gasteiger partial charge on any atom is 0.0642 e. The molecule has 0 saturated heterocycles. The maximum atomic E-state index is 8.35. The standard InChI is InChI=1S/2C6H11.Al.HO2P/c2*1-2-4-6-5-3-1;;1-3-2/h2*1H,2-6H2;;(H,1,2)/q;;+1;/p-1. The molecule has 0 atom stereocenters. The molecule has 2 aliphatic carbocycles. The second-order valence-corrected chi connectivity index (χ2v) is 7.48. The molecule has 0 aromatic rings. The molecule has 16 heavy (non-hydrogen) atoms. The summed E-state index contributed by atoms with van der Waals surface area (Å²) >= 11 is 0.825. The van der Waals surface area contributed by atoms with Crippen LogP contribution in [-0.4, -0.2) is 15.2 Å². The van der Waals surface area contributed by atoms with Crippen molar-refractivity contribution in [2.75, 3.05) is 0 Å². The van der Waals surface area contributed by atoms with Crippen LogP contribution in [0, 0.1) is 0 Å². The Kier molecular flexibility index (Phi) is 8.80. The average molecular weight is 256 g/mol. The molecule has 0 aliphatic heterocycles. The zero-order chi connectivity index (χ0) is 11.6. The van der Waals surface area contributed by atoms with Gasteiger partial charge in [-0.1, -0.05) is 0 Å². The van der Waals surface area contributed by atoms with Gasteiger partial charge in [0.15, 0.2) is 0 Å². The Balaban J connectivity index is 0.000000386. The minimum Gasteiger partial charge on any atom is -0.772 e. The first-order chi connectivity index (χ1) is 7.86. The number of hydrogen-bond acceptors (Lipinski definition) is 2. The summed E-state index contributed by atoms with van der Waals surface area (Å²) in [5, 5.41) is 0. The van der Waals surface area contributed by atoms with Gasteiger partial charge in [0, 0.05) is 0 Å². The fourth-order valence-corrected chi connectivity index (χ4v) is 5.52. The van der Waals surface area contributed by atoms with Gasteiger partial charge >= 0.3 is 89.0 Å². The van der Waals surface area contributed by atoms with Crippen LogP contribution >= 0.6 is 8.69 Å². The van der Waals surface area contributed by atoms with Gasteiger partial charge in [0.2, 0.25) is 0 Å². The molecule has 2 fully saturated rings. The van der Waals surface area contributed by atoms with E-state index in [0.717, 1.165) is 15.2 Å². The normalized spacial score (nSPS) is 23.3. The molecule has 2 rings (SSSR count). The van der Waals surface area contributed by atoms with Crippen molar-refractivity contribution in [2.45, 2.75) is 73.8 Å². The molecule has 2 saturated carbocycles. The van der Waals surface area contributed by atoms with Gasteiger partial charge in [0.1, 0.15) is 0 Å². The minimum absolute atomic E-state index is 0.825. The van der Waals surface area contributed by atoms with Crippen molar-refractivity contribution in [3.63, 3.8) is 0 Å². The Labute approximate surface area is 107 Å². The quantitative estimate of drug-likeness (QED) is 0.557. The molecule has 0 N–H and O–H groups in total. The van der Waals surface area contributed by atoms with E-state index in [1.807, 2.05) is 0 Å². The molecule has 0 aromatic heterocycles. The molecule has 0 amide bonds. The van der Waals surface area contributed by atoms with Crippen molar-refractivity contribution < 1.29 is 9.46 Å². The molecule has 0 heterocycles. The topological polar surface area (TPSA) is 40.1 Å². The van der Waals surface area contributed by atoms with E-state index >= 15 is 0 Å². The van der Waals surface area contributed by atoms with Gasteiger partial charge in [-0.15, -0.1) is 0 Å². The van der Waals surface area contributed by atoms with E-state index in [1.54, 1.807) is 51.4 Å². The van der Waals surface area contributed by atoms with E-state index in [4.69, 9.17) is 9.46 Å². The molecule has 2 nitrogen and oxygen atoms in total. The smallest absolute Gasteiger partial charge is 0.0642 e. The van der Waals surface area contributed by atoms with Gasteiger partial charge in [-0.3, -0.25) is 4.57 Å². The molecular formula is C12H22AlO2P. The zero-order valence-electron chi connectivity index (χ0n) is 10.1. The van der Waals surface area contributed by atoms with Gasteiger partial charge in [-0.05, 0) is 0 Å². The van der Waals surface area contributed by atoms with Crippen molar-refractivity contribution >= 4 is 23.9 Å². The Morgan fingerprint density at radius 3 is 1.44 bits per heavy atom. The Morgan fingerprint density at radius 1 is 0.812 bits per heavy atom. The molecule has 0 unspecified atom stereocenters. The monoisotopic (exact) mass is 256 g/mol. The Bertz CT molecular complexity index is 162. The first-order valence-corrected chi connectivity index (χ1v) is 8.73. The third-order valence-electron chi connectivity index (χ3n) is 3.84. The Hall–Kier alpha value is 0.592. The fraction of sp³-hybridized carbons (Fsp3) is 1.00. The van der Waals surface area contributed by atoms with Gasteiger partial charge in [0.25, 0.3) is 0 Å². The van der Waals surface area contributed by atoms with Crippen LogP contribution in [0.4, 0.5) is 0 Å². The molecule has 90 valence electrons. The van der Waals surface area contributed by atoms with E-state index in [9.17, 15) is 0 Å². The van der Waals surface area contributed by atoms with Crippen molar-refractivity contribution in [2.24, 2.45) is 0 Å². The minimum atomic E-state index is -1.08. The van der Waals surface area contributed by atoms with Crippen LogP contribution in [0.25, 0.3) is 0 Å². The summed E-state index contributed by atoms with van der Waals surface area (Å²) in [6, 6.07) is 0. The summed E-state index contributed by atoms with van der Waals surface area (Å²) < 4.78 is 10.8. The second-order valence-electron chi connectivity index (χ2n) is 5.06. The zero-order valence-corrected chi connectivity index (χ0v) is 12.1. The van der Waals surface area contributed by atoms with E-state index < -0.39 is 8.69 Å². The third-order valence-corrected chi connectivity index (χ3v) is 6.27. The molecule has 0 radical (unpaired) electrons. The maximum absolute atomic E-state index is 8.35. The summed E-state index contributed by atoms with van der Waals surface area (Å²) in [6.45, 7) is 0. The largest absolute Gasteiger partial charge is 0.772 e. The van der Waals surface area contributed by atoms with Gasteiger partial charge in [0.05, 0.1) is 8.69 Å². The van der Waals surface area contributed by atoms with Crippen molar-refractivity contribution in [3.8, 4) is 0 Å². The van der Waals surface area contributed by atoms with Gasteiger partial charge < -0.3 is 4.89 Å². The Morgan fingerprint density at radius 2 is 1.12 bits per heavy atom. The molecule has 2 aliphatic rings. The molecule has 0 bridgehead atoms. The SMILES string of the molecule is C1CC[CH]([Al+][CH]2CCCCC2)CC1.O=P[O-]. The summed E-state index contributed by atoms with van der Waals surface area (Å²) in [7, 11) is -1.08. The summed E-state index contributed by atoms with van der Waals surface area (Å²) in [5.74, 6) is 0. The van der Waals surface area contributed by atoms with Crippen LogP contribution in [0.1, 0.15) is 64.2 Å². The van der Waals surface area contributed by atoms with Crippen LogP contribution in [-0.2, 0) is 4.57 Å². The summed E-state index contributed by atoms with van der Waals surface area (Å²) in [6.07, 6.45) is 15.6. The second kappa shape index (κ2) is 9.61. The molecule has 0 spiro atoms.